The van der Waals surface area contributed by atoms with Crippen LogP contribution in [0.1, 0.15) is 103 Å². The predicted molar refractivity (Wildman–Crippen MR) is 144 cm³/mol. The van der Waals surface area contributed by atoms with Gasteiger partial charge in [-0.3, -0.25) is 9.36 Å². The quantitative estimate of drug-likeness (QED) is 0.0757. The van der Waals surface area contributed by atoms with Crippen LogP contribution < -0.4 is 4.89 Å². The third-order valence-electron chi connectivity index (χ3n) is 6.12. The van der Waals surface area contributed by atoms with E-state index in [2.05, 4.69) is 6.92 Å². The first kappa shape index (κ1) is 35.7. The second-order valence-corrected chi connectivity index (χ2v) is 12.2. The number of hydrogen-bond donors (Lipinski definition) is 0. The molecule has 0 saturated heterocycles. The van der Waals surface area contributed by atoms with E-state index in [0.29, 0.717) is 29.8 Å². The molecule has 0 rings (SSSR count). The van der Waals surface area contributed by atoms with E-state index in [9.17, 15) is 14.3 Å². The summed E-state index contributed by atoms with van der Waals surface area (Å²) in [4.78, 5) is 23.9. The van der Waals surface area contributed by atoms with Gasteiger partial charge in [0.05, 0.1) is 34.4 Å². The van der Waals surface area contributed by atoms with Crippen LogP contribution in [0.3, 0.4) is 0 Å². The Kier molecular flexibility index (Phi) is 22.4. The van der Waals surface area contributed by atoms with Crippen molar-refractivity contribution < 1.29 is 37.3 Å². The lowest BCUT2D eigenvalue weighted by Gasteiger charge is -2.28. The highest BCUT2D eigenvalue weighted by molar-refractivity contribution is 7.45. The molecule has 0 aromatic heterocycles. The highest BCUT2D eigenvalue weighted by atomic mass is 31.2. The van der Waals surface area contributed by atoms with Crippen LogP contribution in [-0.2, 0) is 27.9 Å². The SMILES string of the molecule is CCCCCCCCCCCC(=O)CCCCCCOC[C@@H](COP(=O)([O-])OCC[N+](C)(C)C)OC. The normalized spacial score (nSPS) is 14.6. The fourth-order valence-corrected chi connectivity index (χ4v) is 4.40. The number of Topliss-reactive ketones (excluding diaryl/α,β-unsaturated/α-hetero) is 1. The molecular formula is C27H56NO7P. The zero-order chi connectivity index (χ0) is 27.1. The molecule has 0 bridgehead atoms. The minimum atomic E-state index is -4.35. The first-order chi connectivity index (χ1) is 17.1. The van der Waals surface area contributed by atoms with Crippen LogP contribution in [0.2, 0.25) is 0 Å². The topological polar surface area (TPSA) is 94.1 Å². The van der Waals surface area contributed by atoms with Gasteiger partial charge in [-0.15, -0.1) is 0 Å². The standard InChI is InChI=1S/C27H56NO7P/c1-6-7-8-9-10-11-12-13-16-19-26(29)20-17-14-15-18-22-33-24-27(32-5)25-35-36(30,31)34-23-21-28(2,3)4/h27H,6-25H2,1-5H3/t27-/m0/s1. The lowest BCUT2D eigenvalue weighted by molar-refractivity contribution is -0.870. The summed E-state index contributed by atoms with van der Waals surface area (Å²) in [5, 5.41) is 0. The zero-order valence-corrected chi connectivity index (χ0v) is 24.9. The Balaban J connectivity index is 3.61. The van der Waals surface area contributed by atoms with Gasteiger partial charge in [0.2, 0.25) is 0 Å². The highest BCUT2D eigenvalue weighted by Gasteiger charge is 2.17. The zero-order valence-electron chi connectivity index (χ0n) is 24.0. The highest BCUT2D eigenvalue weighted by Crippen LogP contribution is 2.38. The summed E-state index contributed by atoms with van der Waals surface area (Å²) in [6.07, 6.45) is 16.3. The molecule has 0 aromatic carbocycles. The Labute approximate surface area is 221 Å². The van der Waals surface area contributed by atoms with E-state index in [1.165, 1.54) is 58.5 Å². The maximum absolute atomic E-state index is 12.0. The van der Waals surface area contributed by atoms with Crippen LogP contribution in [-0.4, -0.2) is 77.6 Å². The van der Waals surface area contributed by atoms with Gasteiger partial charge in [0, 0.05) is 26.6 Å². The Bertz CT molecular complexity index is 569. The Morgan fingerprint density at radius 2 is 1.31 bits per heavy atom. The molecule has 0 N–H and O–H groups in total. The van der Waals surface area contributed by atoms with Gasteiger partial charge in [-0.2, -0.15) is 0 Å². The second kappa shape index (κ2) is 22.6. The third-order valence-corrected chi connectivity index (χ3v) is 7.08. The van der Waals surface area contributed by atoms with E-state index in [0.717, 1.165) is 38.5 Å². The number of rotatable bonds is 27. The van der Waals surface area contributed by atoms with Gasteiger partial charge in [-0.25, -0.2) is 0 Å². The number of unbranched alkanes of at least 4 members (excludes halogenated alkanes) is 11. The van der Waals surface area contributed by atoms with Gasteiger partial charge in [0.1, 0.15) is 25.0 Å². The average molecular weight is 538 g/mol. The first-order valence-corrected chi connectivity index (χ1v) is 15.6. The summed E-state index contributed by atoms with van der Waals surface area (Å²) >= 11 is 0. The van der Waals surface area contributed by atoms with Crippen molar-refractivity contribution in [1.82, 2.24) is 0 Å². The Morgan fingerprint density at radius 3 is 1.83 bits per heavy atom. The van der Waals surface area contributed by atoms with Crippen LogP contribution in [0.15, 0.2) is 0 Å². The average Bonchev–Trinajstić information content (AvgIpc) is 2.80. The van der Waals surface area contributed by atoms with Crippen molar-refractivity contribution in [3.8, 4) is 0 Å². The van der Waals surface area contributed by atoms with Gasteiger partial charge < -0.3 is 27.9 Å². The molecule has 0 heterocycles. The summed E-state index contributed by atoms with van der Waals surface area (Å²) < 4.78 is 33.1. The molecule has 0 amide bonds. The van der Waals surface area contributed by atoms with Crippen LogP contribution >= 0.6 is 7.82 Å². The van der Waals surface area contributed by atoms with Crippen LogP contribution in [0.25, 0.3) is 0 Å². The minimum absolute atomic E-state index is 0.0727. The maximum Gasteiger partial charge on any atom is 0.268 e. The molecular weight excluding hydrogens is 481 g/mol. The molecule has 0 aliphatic carbocycles. The molecule has 2 atom stereocenters. The Morgan fingerprint density at radius 1 is 0.778 bits per heavy atom. The van der Waals surface area contributed by atoms with Crippen LogP contribution in [0, 0.1) is 0 Å². The molecule has 0 aliphatic heterocycles. The van der Waals surface area contributed by atoms with E-state index in [1.54, 1.807) is 0 Å². The van der Waals surface area contributed by atoms with Crippen molar-refractivity contribution in [2.24, 2.45) is 0 Å². The molecule has 216 valence electrons. The van der Waals surface area contributed by atoms with Gasteiger partial charge in [-0.1, -0.05) is 71.1 Å². The van der Waals surface area contributed by atoms with Crippen molar-refractivity contribution in [3.63, 3.8) is 0 Å². The lowest BCUT2D eigenvalue weighted by atomic mass is 10.0. The predicted octanol–water partition coefficient (Wildman–Crippen LogP) is 5.67. The molecule has 9 heteroatoms. The fraction of sp³-hybridized carbons (Fsp3) is 0.963. The monoisotopic (exact) mass is 537 g/mol. The number of phosphoric ester groups is 1. The molecule has 1 unspecified atom stereocenters. The molecule has 0 saturated carbocycles. The molecule has 0 radical (unpaired) electrons. The van der Waals surface area contributed by atoms with Crippen molar-refractivity contribution in [2.45, 2.75) is 109 Å². The van der Waals surface area contributed by atoms with Gasteiger partial charge in [0.25, 0.3) is 7.82 Å². The number of carbonyl (C=O) groups is 1. The number of methoxy groups -OCH3 is 1. The summed E-state index contributed by atoms with van der Waals surface area (Å²) in [6, 6.07) is 0. The van der Waals surface area contributed by atoms with E-state index in [4.69, 9.17) is 18.5 Å². The number of nitrogens with zero attached hydrogens (tertiary/aromatic N) is 1. The lowest BCUT2D eigenvalue weighted by Crippen LogP contribution is -2.37. The van der Waals surface area contributed by atoms with Gasteiger partial charge in [-0.05, 0) is 19.3 Å². The first-order valence-electron chi connectivity index (χ1n) is 14.1. The number of quaternary nitrogens is 1. The summed E-state index contributed by atoms with van der Waals surface area (Å²) in [7, 11) is 3.01. The molecule has 0 aliphatic rings. The largest absolute Gasteiger partial charge is 0.756 e. The van der Waals surface area contributed by atoms with E-state index >= 15 is 0 Å². The van der Waals surface area contributed by atoms with Crippen LogP contribution in [0.5, 0.6) is 0 Å². The van der Waals surface area contributed by atoms with E-state index in [1.807, 2.05) is 21.1 Å². The van der Waals surface area contributed by atoms with Gasteiger partial charge >= 0.3 is 0 Å². The molecule has 0 spiro atoms. The van der Waals surface area contributed by atoms with Crippen molar-refractivity contribution >= 4 is 13.6 Å². The molecule has 36 heavy (non-hydrogen) atoms. The number of carbonyl (C=O) groups excluding carboxylic acids is 1. The van der Waals surface area contributed by atoms with Crippen molar-refractivity contribution in [2.75, 3.05) is 61.2 Å². The molecule has 0 fully saturated rings. The summed E-state index contributed by atoms with van der Waals surface area (Å²) in [6.45, 7) is 3.56. The number of hydrogen-bond acceptors (Lipinski definition) is 7. The summed E-state index contributed by atoms with van der Waals surface area (Å²) in [5.41, 5.74) is 0. The fourth-order valence-electron chi connectivity index (χ4n) is 3.67. The van der Waals surface area contributed by atoms with E-state index < -0.39 is 13.9 Å². The van der Waals surface area contributed by atoms with Crippen LogP contribution in [0.4, 0.5) is 0 Å². The number of ether oxygens (including phenoxy) is 2. The third kappa shape index (κ3) is 25.3. The van der Waals surface area contributed by atoms with Crippen molar-refractivity contribution in [1.29, 1.82) is 0 Å². The number of ketones is 1. The van der Waals surface area contributed by atoms with E-state index in [-0.39, 0.29) is 19.8 Å². The smallest absolute Gasteiger partial charge is 0.268 e. The number of likely N-dealkylation sites (N-methyl/N-ethyl adjacent to an activating group) is 1. The second-order valence-electron chi connectivity index (χ2n) is 10.8. The number of phosphoric acid groups is 1. The molecule has 8 nitrogen and oxygen atoms in total. The maximum atomic E-state index is 12.0. The molecule has 0 aromatic rings. The summed E-state index contributed by atoms with van der Waals surface area (Å²) in [5.74, 6) is 0.397. The Hall–Kier alpha value is -0.340. The van der Waals surface area contributed by atoms with Crippen molar-refractivity contribution in [3.05, 3.63) is 0 Å². The van der Waals surface area contributed by atoms with Gasteiger partial charge in [0.15, 0.2) is 0 Å². The minimum Gasteiger partial charge on any atom is -0.756 e.